The van der Waals surface area contributed by atoms with Crippen LogP contribution in [0.4, 0.5) is 5.69 Å². The summed E-state index contributed by atoms with van der Waals surface area (Å²) < 4.78 is 20.9. The lowest BCUT2D eigenvalue weighted by Crippen LogP contribution is -2.31. The molecular formula is C37H47BrN4O5Si. The Hall–Kier alpha value is -3.51. The fourth-order valence-corrected chi connectivity index (χ4v) is 7.01. The first-order valence-electron chi connectivity index (χ1n) is 16.6. The lowest BCUT2D eigenvalue weighted by atomic mass is 9.99. The van der Waals surface area contributed by atoms with Crippen LogP contribution in [0, 0.1) is 0 Å². The average Bonchev–Trinajstić information content (AvgIpc) is 3.27. The van der Waals surface area contributed by atoms with E-state index in [9.17, 15) is 9.59 Å². The zero-order valence-corrected chi connectivity index (χ0v) is 31.4. The molecule has 1 atom stereocenters. The maximum atomic E-state index is 13.2. The Bertz CT molecular complexity index is 1760. The molecule has 0 fully saturated rings. The fraction of sp³-hybridized carbons (Fsp3) is 0.432. The zero-order chi connectivity index (χ0) is 34.5. The molecule has 11 heteroatoms. The van der Waals surface area contributed by atoms with Crippen LogP contribution in [0.2, 0.25) is 25.7 Å². The number of carbonyl (C=O) groups excluding carboxylic acids is 2. The third kappa shape index (κ3) is 9.78. The molecule has 2 heterocycles. The minimum Gasteiger partial charge on any atom is -0.456 e. The van der Waals surface area contributed by atoms with E-state index in [1.807, 2.05) is 49.7 Å². The Morgan fingerprint density at radius 3 is 2.67 bits per heavy atom. The van der Waals surface area contributed by atoms with Crippen LogP contribution in [0.15, 0.2) is 65.4 Å². The Labute approximate surface area is 292 Å². The normalized spacial score (nSPS) is 15.1. The fourth-order valence-electron chi connectivity index (χ4n) is 5.68. The number of hydrogen-bond donors (Lipinski definition) is 2. The predicted molar refractivity (Wildman–Crippen MR) is 197 cm³/mol. The van der Waals surface area contributed by atoms with Gasteiger partial charge in [-0.3, -0.25) is 4.79 Å². The van der Waals surface area contributed by atoms with Crippen molar-refractivity contribution in [1.82, 2.24) is 14.9 Å². The molecule has 0 saturated carbocycles. The van der Waals surface area contributed by atoms with Gasteiger partial charge in [0.15, 0.2) is 0 Å². The molecule has 0 saturated heterocycles. The lowest BCUT2D eigenvalue weighted by molar-refractivity contribution is -0.115. The number of halogens is 1. The van der Waals surface area contributed by atoms with E-state index in [2.05, 4.69) is 63.3 Å². The maximum Gasteiger partial charge on any atom is 0.342 e. The van der Waals surface area contributed by atoms with Crippen molar-refractivity contribution in [3.63, 3.8) is 0 Å². The molecule has 256 valence electrons. The van der Waals surface area contributed by atoms with Crippen LogP contribution in [0.1, 0.15) is 67.6 Å². The molecule has 0 aliphatic heterocycles. The first-order chi connectivity index (χ1) is 22.8. The number of carbonyl (C=O) groups is 2. The highest BCUT2D eigenvalue weighted by atomic mass is 79.9. The Morgan fingerprint density at radius 2 is 1.90 bits per heavy atom. The van der Waals surface area contributed by atoms with E-state index in [0.29, 0.717) is 18.2 Å². The molecule has 2 aromatic carbocycles. The van der Waals surface area contributed by atoms with Gasteiger partial charge in [0.1, 0.15) is 35.0 Å². The van der Waals surface area contributed by atoms with Crippen molar-refractivity contribution in [2.24, 2.45) is 0 Å². The number of amides is 1. The van der Waals surface area contributed by atoms with Crippen molar-refractivity contribution in [3.05, 3.63) is 82.1 Å². The highest BCUT2D eigenvalue weighted by Gasteiger charge is 2.24. The Morgan fingerprint density at radius 1 is 1.08 bits per heavy atom. The van der Waals surface area contributed by atoms with E-state index in [1.165, 1.54) is 11.1 Å². The molecule has 9 nitrogen and oxygen atoms in total. The maximum absolute atomic E-state index is 13.2. The molecule has 0 radical (unpaired) electrons. The summed E-state index contributed by atoms with van der Waals surface area (Å²) in [5, 5.41) is 7.30. The van der Waals surface area contributed by atoms with Gasteiger partial charge in [-0.15, -0.1) is 0 Å². The van der Waals surface area contributed by atoms with Crippen molar-refractivity contribution in [3.8, 4) is 11.5 Å². The van der Waals surface area contributed by atoms with Gasteiger partial charge in [0.2, 0.25) is 5.91 Å². The number of rotatable bonds is 12. The van der Waals surface area contributed by atoms with Gasteiger partial charge in [-0.25, -0.2) is 9.78 Å². The van der Waals surface area contributed by atoms with Crippen LogP contribution >= 0.6 is 15.9 Å². The van der Waals surface area contributed by atoms with E-state index in [4.69, 9.17) is 14.2 Å². The summed E-state index contributed by atoms with van der Waals surface area (Å²) in [5.41, 5.74) is 3.38. The molecule has 0 spiro atoms. The van der Waals surface area contributed by atoms with Crippen LogP contribution in [0.25, 0.3) is 11.0 Å². The molecule has 2 aromatic heterocycles. The van der Waals surface area contributed by atoms with E-state index in [0.717, 1.165) is 53.8 Å². The summed E-state index contributed by atoms with van der Waals surface area (Å²) in [7, 11) is -1.17. The van der Waals surface area contributed by atoms with Crippen molar-refractivity contribution in [2.45, 2.75) is 90.5 Å². The van der Waals surface area contributed by atoms with Crippen LogP contribution in [0.3, 0.4) is 0 Å². The van der Waals surface area contributed by atoms with Gasteiger partial charge in [-0.2, -0.15) is 0 Å². The number of ether oxygens (including phenoxy) is 3. The van der Waals surface area contributed by atoms with Crippen LogP contribution < -0.4 is 15.4 Å². The minimum absolute atomic E-state index is 0.0909. The Balaban J connectivity index is 1.30. The van der Waals surface area contributed by atoms with Gasteiger partial charge in [-0.1, -0.05) is 54.1 Å². The summed E-state index contributed by atoms with van der Waals surface area (Å²) in [6.45, 7) is 13.7. The second kappa shape index (κ2) is 15.4. The number of nitrogens with zero attached hydrogens (tertiary/aromatic N) is 2. The molecule has 2 N–H and O–H groups in total. The highest BCUT2D eigenvalue weighted by molar-refractivity contribution is 9.10. The second-order valence-electron chi connectivity index (χ2n) is 14.6. The number of benzene rings is 2. The number of pyridine rings is 1. The van der Waals surface area contributed by atoms with Crippen LogP contribution in [0.5, 0.6) is 11.5 Å². The standard InChI is InChI=1S/C37H47BrN4O5Si/c1-37(2,3)47-36(44)30-15-14-26(41-34(43)23-39-32-13-8-7-10-28-29(32)11-9-12-31(28)38)21-33(30)46-27-20-25-16-17-42(35(25)40-22-27)24-45-18-19-48(4,5)6/h9,11-12,14-17,20-22,32,39H,7-8,10,13,18-19,23-24H2,1-6H3,(H,41,43). The number of nitrogens with one attached hydrogen (secondary N) is 2. The van der Waals surface area contributed by atoms with E-state index < -0.39 is 19.6 Å². The Kier molecular flexibility index (Phi) is 11.5. The van der Waals surface area contributed by atoms with Gasteiger partial charge in [0.05, 0.1) is 12.7 Å². The molecule has 0 bridgehead atoms. The zero-order valence-electron chi connectivity index (χ0n) is 28.8. The minimum atomic E-state index is -1.17. The van der Waals surface area contributed by atoms with Gasteiger partial charge in [0, 0.05) is 48.5 Å². The first-order valence-corrected chi connectivity index (χ1v) is 21.1. The summed E-state index contributed by atoms with van der Waals surface area (Å²) in [6.07, 6.45) is 7.76. The highest BCUT2D eigenvalue weighted by Crippen LogP contribution is 2.34. The van der Waals surface area contributed by atoms with Gasteiger partial charge >= 0.3 is 5.97 Å². The molecule has 5 rings (SSSR count). The van der Waals surface area contributed by atoms with Gasteiger partial charge in [0.25, 0.3) is 0 Å². The quantitative estimate of drug-likeness (QED) is 0.0649. The van der Waals surface area contributed by atoms with Crippen LogP contribution in [-0.4, -0.2) is 48.3 Å². The topological polar surface area (TPSA) is 104 Å². The largest absolute Gasteiger partial charge is 0.456 e. The second-order valence-corrected chi connectivity index (χ2v) is 21.0. The number of aromatic nitrogens is 2. The summed E-state index contributed by atoms with van der Waals surface area (Å²) in [5.74, 6) is -0.00463. The molecule has 4 aromatic rings. The number of esters is 1. The third-order valence-corrected chi connectivity index (χ3v) is 10.6. The summed E-state index contributed by atoms with van der Waals surface area (Å²) >= 11 is 3.70. The predicted octanol–water partition coefficient (Wildman–Crippen LogP) is 8.85. The molecule has 48 heavy (non-hydrogen) atoms. The molecule has 1 unspecified atom stereocenters. The molecule has 1 aliphatic rings. The molecule has 1 amide bonds. The SMILES string of the molecule is CC(C)(C)OC(=O)c1ccc(NC(=O)CNC2CCCCc3c(Br)cccc32)cc1Oc1cnc2c(ccn2COCC[Si](C)(C)C)c1. The molecule has 1 aliphatic carbocycles. The van der Waals surface area contributed by atoms with Crippen molar-refractivity contribution in [1.29, 1.82) is 0 Å². The molecular weight excluding hydrogens is 688 g/mol. The average molecular weight is 736 g/mol. The monoisotopic (exact) mass is 734 g/mol. The van der Waals surface area contributed by atoms with Gasteiger partial charge < -0.3 is 29.4 Å². The third-order valence-electron chi connectivity index (χ3n) is 8.12. The van der Waals surface area contributed by atoms with E-state index >= 15 is 0 Å². The number of fused-ring (bicyclic) bond motifs is 2. The van der Waals surface area contributed by atoms with Crippen molar-refractivity contribution in [2.75, 3.05) is 18.5 Å². The van der Waals surface area contributed by atoms with Crippen LogP contribution in [-0.2, 0) is 27.4 Å². The van der Waals surface area contributed by atoms with E-state index in [1.54, 1.807) is 24.4 Å². The first kappa shape index (κ1) is 35.8. The number of anilines is 1. The van der Waals surface area contributed by atoms with E-state index in [-0.39, 0.29) is 29.8 Å². The van der Waals surface area contributed by atoms with Gasteiger partial charge in [-0.05, 0) is 87.5 Å². The number of hydrogen-bond acceptors (Lipinski definition) is 7. The van der Waals surface area contributed by atoms with Crippen molar-refractivity contribution < 1.29 is 23.8 Å². The smallest absolute Gasteiger partial charge is 0.342 e. The summed E-state index contributed by atoms with van der Waals surface area (Å²) in [4.78, 5) is 31.0. The lowest BCUT2D eigenvalue weighted by Gasteiger charge is -2.21. The van der Waals surface area contributed by atoms with Crippen molar-refractivity contribution >= 4 is 52.6 Å². The summed E-state index contributed by atoms with van der Waals surface area (Å²) in [6, 6.07) is 16.2.